The summed E-state index contributed by atoms with van der Waals surface area (Å²) in [5, 5.41) is 0.165. The monoisotopic (exact) mass is 262 g/mol. The van der Waals surface area contributed by atoms with Gasteiger partial charge in [-0.2, -0.15) is 0 Å². The molecule has 0 saturated heterocycles. The van der Waals surface area contributed by atoms with E-state index in [0.717, 1.165) is 11.5 Å². The Kier molecular flexibility index (Phi) is 3.86. The molecule has 0 saturated carbocycles. The predicted molar refractivity (Wildman–Crippen MR) is 106 cm³/mol. The van der Waals surface area contributed by atoms with Gasteiger partial charge >= 0.3 is 0 Å². The van der Waals surface area contributed by atoms with Crippen molar-refractivity contribution in [2.24, 2.45) is 0 Å². The number of ether oxygens (including phenoxy) is 2. The van der Waals surface area contributed by atoms with Gasteiger partial charge in [-0.25, -0.2) is 0 Å². The molecule has 0 N–H and O–H groups in total. The van der Waals surface area contributed by atoms with Crippen LogP contribution >= 0.6 is 0 Å². The summed E-state index contributed by atoms with van der Waals surface area (Å²) >= 11 is 0. The molecule has 1 aromatic carbocycles. The van der Waals surface area contributed by atoms with Crippen molar-refractivity contribution in [3.63, 3.8) is 0 Å². The van der Waals surface area contributed by atoms with Crippen molar-refractivity contribution in [1.82, 2.24) is 0 Å². The fourth-order valence-corrected chi connectivity index (χ4v) is 3.62. The summed E-state index contributed by atoms with van der Waals surface area (Å²) in [5.41, 5.74) is 4.68. The standard InChI is InChI=1S/C11H21B7O2/c1-2-3-10(15,16)4-5(12)7(14)9-8(6(4)13)19-11(17,18)20-9/h2-3,12-18H2,1H3. The van der Waals surface area contributed by atoms with Crippen LogP contribution in [0.25, 0.3) is 0 Å². The van der Waals surface area contributed by atoms with Gasteiger partial charge in [-0.05, 0) is 10.9 Å². The highest BCUT2D eigenvalue weighted by Gasteiger charge is 2.37. The van der Waals surface area contributed by atoms with Crippen LogP contribution in [0.5, 0.6) is 11.5 Å². The third-order valence-corrected chi connectivity index (χ3v) is 4.45. The van der Waals surface area contributed by atoms with E-state index in [0.29, 0.717) is 0 Å². The van der Waals surface area contributed by atoms with Crippen molar-refractivity contribution in [3.05, 3.63) is 5.56 Å². The first kappa shape index (κ1) is 15.7. The van der Waals surface area contributed by atoms with E-state index in [1.807, 2.05) is 15.7 Å². The van der Waals surface area contributed by atoms with E-state index in [1.54, 1.807) is 0 Å². The molecule has 98 valence electrons. The second kappa shape index (κ2) is 4.93. The maximum absolute atomic E-state index is 6.05. The summed E-state index contributed by atoms with van der Waals surface area (Å²) < 4.78 is 12.0. The van der Waals surface area contributed by atoms with Crippen LogP contribution in [0.3, 0.4) is 0 Å². The molecule has 2 nitrogen and oxygen atoms in total. The maximum Gasteiger partial charge on any atom is 0.197 e. The first-order valence-electron chi connectivity index (χ1n) is 7.63. The third-order valence-electron chi connectivity index (χ3n) is 4.45. The molecule has 0 spiro atoms. The Hall–Kier alpha value is -0.725. The van der Waals surface area contributed by atoms with Gasteiger partial charge in [-0.15, -0.1) is 0 Å². The molecule has 0 fully saturated rings. The Morgan fingerprint density at radius 3 is 1.95 bits per heavy atom. The topological polar surface area (TPSA) is 18.5 Å². The second-order valence-electron chi connectivity index (χ2n) is 7.15. The summed E-state index contributed by atoms with van der Waals surface area (Å²) in [6.07, 6.45) is 2.36. The highest BCUT2D eigenvalue weighted by Crippen LogP contribution is 2.35. The number of fused-ring (bicyclic) bond motifs is 1. The van der Waals surface area contributed by atoms with Crippen molar-refractivity contribution in [1.29, 1.82) is 0 Å². The van der Waals surface area contributed by atoms with Crippen molar-refractivity contribution in [3.8, 4) is 11.5 Å². The Labute approximate surface area is 129 Å². The molecule has 2 rings (SSSR count). The first-order valence-corrected chi connectivity index (χ1v) is 7.63. The highest BCUT2D eigenvalue weighted by molar-refractivity contribution is 6.56. The molecular formula is C11H21B7O2. The molecule has 0 bridgehead atoms. The van der Waals surface area contributed by atoms with Gasteiger partial charge in [0.05, 0.1) is 0 Å². The van der Waals surface area contributed by atoms with E-state index in [4.69, 9.17) is 9.47 Å². The SMILES string of the molecule is Bc1c(B)c(C(B)(B)CCC)c(B)c2c1OC(B)(B)O2. The van der Waals surface area contributed by atoms with Crippen molar-refractivity contribution < 1.29 is 9.47 Å². The van der Waals surface area contributed by atoms with Crippen LogP contribution in [0.1, 0.15) is 25.3 Å². The smallest absolute Gasteiger partial charge is 0.197 e. The van der Waals surface area contributed by atoms with Gasteiger partial charge < -0.3 is 9.47 Å². The quantitative estimate of drug-likeness (QED) is 0.504. The number of hydrogen-bond acceptors (Lipinski definition) is 2. The minimum absolute atomic E-state index is 0.165. The highest BCUT2D eigenvalue weighted by atomic mass is 16.7. The average molecular weight is 261 g/mol. The van der Waals surface area contributed by atoms with Gasteiger partial charge in [0.2, 0.25) is 0 Å². The molecular weight excluding hydrogens is 240 g/mol. The number of rotatable bonds is 3. The van der Waals surface area contributed by atoms with Gasteiger partial charge in [0.25, 0.3) is 0 Å². The molecule has 0 radical (unpaired) electrons. The van der Waals surface area contributed by atoms with Crippen molar-refractivity contribution in [2.45, 2.75) is 30.6 Å². The summed E-state index contributed by atoms with van der Waals surface area (Å²) in [6.45, 7) is 2.25. The molecule has 1 heterocycles. The van der Waals surface area contributed by atoms with Gasteiger partial charge in [0.1, 0.15) is 39.2 Å². The summed E-state index contributed by atoms with van der Waals surface area (Å²) in [5.74, 6) is 1.87. The average Bonchev–Trinajstić information content (AvgIpc) is 2.62. The Bertz CT molecular complexity index is 556. The van der Waals surface area contributed by atoms with Crippen LogP contribution in [0.4, 0.5) is 0 Å². The summed E-state index contributed by atoms with van der Waals surface area (Å²) in [6, 6.07) is 0. The lowest BCUT2D eigenvalue weighted by atomic mass is 9.45. The van der Waals surface area contributed by atoms with E-state index in [2.05, 4.69) is 46.2 Å². The van der Waals surface area contributed by atoms with Crippen LogP contribution in [0.15, 0.2) is 0 Å². The maximum atomic E-state index is 6.05. The molecule has 1 aromatic rings. The number of benzene rings is 1. The lowest BCUT2D eigenvalue weighted by Crippen LogP contribution is -2.45. The molecule has 0 atom stereocenters. The Morgan fingerprint density at radius 2 is 1.45 bits per heavy atom. The molecule has 0 unspecified atom stereocenters. The van der Waals surface area contributed by atoms with Crippen molar-refractivity contribution in [2.75, 3.05) is 0 Å². The van der Waals surface area contributed by atoms with Crippen LogP contribution in [-0.2, 0) is 5.21 Å². The van der Waals surface area contributed by atoms with Crippen LogP contribution in [0, 0.1) is 0 Å². The third kappa shape index (κ3) is 2.44. The molecule has 0 aromatic heterocycles. The lowest BCUT2D eigenvalue weighted by Gasteiger charge is -2.31. The second-order valence-corrected chi connectivity index (χ2v) is 7.15. The molecule has 0 amide bonds. The van der Waals surface area contributed by atoms with Gasteiger partial charge in [-0.1, -0.05) is 36.0 Å². The lowest BCUT2D eigenvalue weighted by molar-refractivity contribution is 0.0844. The molecule has 1 aliphatic rings. The van der Waals surface area contributed by atoms with E-state index in [9.17, 15) is 0 Å². The summed E-state index contributed by atoms with van der Waals surface area (Å²) in [4.78, 5) is 0. The molecule has 1 aliphatic heterocycles. The zero-order valence-corrected chi connectivity index (χ0v) is 14.2. The van der Waals surface area contributed by atoms with Crippen LogP contribution < -0.4 is 25.9 Å². The van der Waals surface area contributed by atoms with Gasteiger partial charge in [0.15, 0.2) is 32.8 Å². The predicted octanol–water partition coefficient (Wildman–Crippen LogP) is -6.67. The minimum atomic E-state index is -0.558. The van der Waals surface area contributed by atoms with Gasteiger partial charge in [-0.3, -0.25) is 0 Å². The van der Waals surface area contributed by atoms with E-state index < -0.39 is 5.59 Å². The number of hydrogen-bond donors (Lipinski definition) is 0. The molecule has 20 heavy (non-hydrogen) atoms. The van der Waals surface area contributed by atoms with Crippen LogP contribution in [0.2, 0.25) is 0 Å². The zero-order valence-electron chi connectivity index (χ0n) is 14.2. The van der Waals surface area contributed by atoms with E-state index in [-0.39, 0.29) is 5.21 Å². The zero-order chi connectivity index (χ0) is 15.3. The Morgan fingerprint density at radius 1 is 0.950 bits per heavy atom. The summed E-state index contributed by atoms with van der Waals surface area (Å²) in [7, 11) is 15.1. The van der Waals surface area contributed by atoms with Crippen LogP contribution in [-0.4, -0.2) is 60.5 Å². The Balaban J connectivity index is 2.66. The fourth-order valence-electron chi connectivity index (χ4n) is 3.62. The molecule has 9 heteroatoms. The van der Waals surface area contributed by atoms with Crippen molar-refractivity contribution >= 4 is 71.3 Å². The molecule has 0 aliphatic carbocycles. The first-order chi connectivity index (χ1) is 9.10. The normalized spacial score (nSPS) is 16.2. The largest absolute Gasteiger partial charge is 0.467 e. The van der Waals surface area contributed by atoms with E-state index in [1.165, 1.54) is 34.8 Å². The minimum Gasteiger partial charge on any atom is -0.467 e. The van der Waals surface area contributed by atoms with E-state index >= 15 is 0 Å². The fraction of sp³-hybridized carbons (Fsp3) is 0.455. The van der Waals surface area contributed by atoms with Gasteiger partial charge in [0, 0.05) is 0 Å².